The molecule has 0 fully saturated rings. The van der Waals surface area contributed by atoms with Crippen molar-refractivity contribution in [3.05, 3.63) is 74.4 Å². The minimum absolute atomic E-state index is 0.262. The number of nitrogens with one attached hydrogen (secondary N) is 2. The Morgan fingerprint density at radius 3 is 2.93 bits per heavy atom. The van der Waals surface area contributed by atoms with Crippen LogP contribution < -0.4 is 5.56 Å². The van der Waals surface area contributed by atoms with Crippen molar-refractivity contribution < 1.29 is 0 Å². The molecule has 27 heavy (non-hydrogen) atoms. The first-order valence-corrected chi connectivity index (χ1v) is 9.30. The molecular formula is C21H15BrN4O. The van der Waals surface area contributed by atoms with E-state index in [0.717, 1.165) is 27.4 Å². The molecular weight excluding hydrogens is 404 g/mol. The number of aromatic amines is 2. The molecule has 0 spiro atoms. The van der Waals surface area contributed by atoms with Gasteiger partial charge in [0.05, 0.1) is 16.5 Å². The lowest BCUT2D eigenvalue weighted by Crippen LogP contribution is -2.11. The lowest BCUT2D eigenvalue weighted by Gasteiger charge is -2.03. The summed E-state index contributed by atoms with van der Waals surface area (Å²) in [5.41, 5.74) is 3.74. The van der Waals surface area contributed by atoms with Gasteiger partial charge in [-0.05, 0) is 36.3 Å². The average Bonchev–Trinajstić information content (AvgIpc) is 3.09. The lowest BCUT2D eigenvalue weighted by molar-refractivity contribution is 1.13. The molecule has 2 heterocycles. The number of allylic oxidation sites excluding steroid dienone is 1. The molecule has 0 saturated heterocycles. The van der Waals surface area contributed by atoms with Gasteiger partial charge in [-0.15, -0.1) is 0 Å². The molecule has 0 saturated carbocycles. The standard InChI is InChI=1S/C21H15BrN4O/c1-2-12-4-3-5-16-14(11-24-19(12)16)8-13(10-23)20-25-18-7-6-15(22)9-17(18)21(27)26-20/h3-9,11,24H,2H2,1H3,(H,25,26,27). The van der Waals surface area contributed by atoms with Crippen LogP contribution in [0.3, 0.4) is 0 Å². The summed E-state index contributed by atoms with van der Waals surface area (Å²) < 4.78 is 0.802. The van der Waals surface area contributed by atoms with Crippen LogP contribution in [0.25, 0.3) is 33.5 Å². The van der Waals surface area contributed by atoms with Gasteiger partial charge in [-0.1, -0.05) is 41.1 Å². The van der Waals surface area contributed by atoms with E-state index in [1.165, 1.54) is 5.56 Å². The van der Waals surface area contributed by atoms with Crippen LogP contribution in [-0.4, -0.2) is 15.0 Å². The lowest BCUT2D eigenvalue weighted by atomic mass is 10.1. The summed E-state index contributed by atoms with van der Waals surface area (Å²) in [5, 5.41) is 11.2. The molecule has 2 N–H and O–H groups in total. The zero-order chi connectivity index (χ0) is 19.0. The third-order valence-electron chi connectivity index (χ3n) is 4.56. The number of benzene rings is 2. The topological polar surface area (TPSA) is 85.3 Å². The third kappa shape index (κ3) is 3.07. The molecule has 132 valence electrons. The number of para-hydroxylation sites is 1. The molecule has 6 heteroatoms. The first kappa shape index (κ1) is 17.3. The second kappa shape index (κ2) is 6.86. The summed E-state index contributed by atoms with van der Waals surface area (Å²) in [5.74, 6) is 0.262. The highest BCUT2D eigenvalue weighted by atomic mass is 79.9. The van der Waals surface area contributed by atoms with E-state index in [1.54, 1.807) is 18.2 Å². The number of fused-ring (bicyclic) bond motifs is 2. The average molecular weight is 419 g/mol. The van der Waals surface area contributed by atoms with Crippen LogP contribution >= 0.6 is 15.9 Å². The van der Waals surface area contributed by atoms with Crippen molar-refractivity contribution in [2.24, 2.45) is 0 Å². The highest BCUT2D eigenvalue weighted by molar-refractivity contribution is 9.10. The Labute approximate surface area is 163 Å². The van der Waals surface area contributed by atoms with Crippen molar-refractivity contribution in [3.8, 4) is 6.07 Å². The number of aromatic nitrogens is 3. The Morgan fingerprint density at radius 2 is 2.15 bits per heavy atom. The first-order chi connectivity index (χ1) is 13.1. The predicted octanol–water partition coefficient (Wildman–Crippen LogP) is 4.79. The van der Waals surface area contributed by atoms with Crippen LogP contribution in [0.15, 0.2) is 51.9 Å². The van der Waals surface area contributed by atoms with Gasteiger partial charge < -0.3 is 9.97 Å². The van der Waals surface area contributed by atoms with E-state index in [1.807, 2.05) is 24.4 Å². The molecule has 5 nitrogen and oxygen atoms in total. The smallest absolute Gasteiger partial charge is 0.259 e. The van der Waals surface area contributed by atoms with E-state index >= 15 is 0 Å². The largest absolute Gasteiger partial charge is 0.360 e. The number of H-pyrrole nitrogens is 2. The van der Waals surface area contributed by atoms with Crippen molar-refractivity contribution in [2.45, 2.75) is 13.3 Å². The normalized spacial score (nSPS) is 11.8. The summed E-state index contributed by atoms with van der Waals surface area (Å²) >= 11 is 3.35. The zero-order valence-electron chi connectivity index (χ0n) is 14.5. The molecule has 0 aliphatic carbocycles. The molecule has 0 aliphatic heterocycles. The fourth-order valence-corrected chi connectivity index (χ4v) is 3.56. The maximum absolute atomic E-state index is 12.4. The summed E-state index contributed by atoms with van der Waals surface area (Å²) in [4.78, 5) is 22.9. The van der Waals surface area contributed by atoms with Crippen LogP contribution in [0.1, 0.15) is 23.9 Å². The fraction of sp³-hybridized carbons (Fsp3) is 0.0952. The van der Waals surface area contributed by atoms with Gasteiger partial charge in [0.2, 0.25) is 0 Å². The van der Waals surface area contributed by atoms with Crippen molar-refractivity contribution >= 4 is 49.4 Å². The third-order valence-corrected chi connectivity index (χ3v) is 5.05. The number of nitriles is 1. The van der Waals surface area contributed by atoms with Crippen molar-refractivity contribution in [1.29, 1.82) is 5.26 Å². The SMILES string of the molecule is CCc1cccc2c(C=C(C#N)c3nc4ccc(Br)cc4c(=O)[nH]3)c[nH]c12. The van der Waals surface area contributed by atoms with Gasteiger partial charge in [-0.3, -0.25) is 4.79 Å². The number of halogens is 1. The molecule has 0 atom stereocenters. The molecule has 0 radical (unpaired) electrons. The predicted molar refractivity (Wildman–Crippen MR) is 111 cm³/mol. The maximum Gasteiger partial charge on any atom is 0.259 e. The van der Waals surface area contributed by atoms with E-state index in [0.29, 0.717) is 16.5 Å². The van der Waals surface area contributed by atoms with Crippen molar-refractivity contribution in [3.63, 3.8) is 0 Å². The van der Waals surface area contributed by atoms with Crippen molar-refractivity contribution in [1.82, 2.24) is 15.0 Å². The van der Waals surface area contributed by atoms with Crippen molar-refractivity contribution in [2.75, 3.05) is 0 Å². The van der Waals surface area contributed by atoms with E-state index in [-0.39, 0.29) is 11.4 Å². The molecule has 4 aromatic rings. The minimum atomic E-state index is -0.273. The van der Waals surface area contributed by atoms with Gasteiger partial charge in [-0.25, -0.2) is 4.98 Å². The second-order valence-electron chi connectivity index (χ2n) is 6.18. The highest BCUT2D eigenvalue weighted by Crippen LogP contribution is 2.26. The molecule has 0 unspecified atom stereocenters. The van der Waals surface area contributed by atoms with E-state index < -0.39 is 0 Å². The van der Waals surface area contributed by atoms with Gasteiger partial charge in [0, 0.05) is 27.1 Å². The Kier molecular flexibility index (Phi) is 4.38. The van der Waals surface area contributed by atoms with Gasteiger partial charge in [0.1, 0.15) is 6.07 Å². The molecule has 2 aromatic heterocycles. The van der Waals surface area contributed by atoms with Gasteiger partial charge in [0.25, 0.3) is 5.56 Å². The Balaban J connectivity index is 1.88. The molecule has 0 bridgehead atoms. The minimum Gasteiger partial charge on any atom is -0.360 e. The van der Waals surface area contributed by atoms with Crippen LogP contribution in [0.5, 0.6) is 0 Å². The van der Waals surface area contributed by atoms with E-state index in [4.69, 9.17) is 0 Å². The Morgan fingerprint density at radius 1 is 1.30 bits per heavy atom. The zero-order valence-corrected chi connectivity index (χ0v) is 16.1. The maximum atomic E-state index is 12.4. The Hall–Kier alpha value is -3.17. The monoisotopic (exact) mass is 418 g/mol. The Bertz CT molecular complexity index is 1310. The molecule has 0 aliphatic rings. The van der Waals surface area contributed by atoms with Crippen LogP contribution in [0.2, 0.25) is 0 Å². The van der Waals surface area contributed by atoms with Gasteiger partial charge in [0.15, 0.2) is 5.82 Å². The quantitative estimate of drug-likeness (QED) is 0.468. The highest BCUT2D eigenvalue weighted by Gasteiger charge is 2.11. The van der Waals surface area contributed by atoms with Crippen LogP contribution in [0.4, 0.5) is 0 Å². The summed E-state index contributed by atoms with van der Waals surface area (Å²) in [6, 6.07) is 13.6. The number of hydrogen-bond acceptors (Lipinski definition) is 3. The fourth-order valence-electron chi connectivity index (χ4n) is 3.20. The first-order valence-electron chi connectivity index (χ1n) is 8.51. The van der Waals surface area contributed by atoms with Gasteiger partial charge in [-0.2, -0.15) is 5.26 Å². The van der Waals surface area contributed by atoms with E-state index in [9.17, 15) is 10.1 Å². The summed E-state index contributed by atoms with van der Waals surface area (Å²) in [7, 11) is 0. The van der Waals surface area contributed by atoms with Crippen LogP contribution in [0, 0.1) is 11.3 Å². The number of nitrogens with zero attached hydrogens (tertiary/aromatic N) is 2. The van der Waals surface area contributed by atoms with E-state index in [2.05, 4.69) is 49.9 Å². The summed E-state index contributed by atoms with van der Waals surface area (Å²) in [6.07, 6.45) is 4.54. The van der Waals surface area contributed by atoms with Gasteiger partial charge >= 0.3 is 0 Å². The second-order valence-corrected chi connectivity index (χ2v) is 7.10. The molecule has 4 rings (SSSR count). The number of aryl methyl sites for hydroxylation is 1. The van der Waals surface area contributed by atoms with Crippen LogP contribution in [-0.2, 0) is 6.42 Å². The molecule has 0 amide bonds. The number of rotatable bonds is 3. The number of hydrogen-bond donors (Lipinski definition) is 2. The summed E-state index contributed by atoms with van der Waals surface area (Å²) in [6.45, 7) is 2.11. The molecule has 2 aromatic carbocycles.